The van der Waals surface area contributed by atoms with Crippen LogP contribution in [0.2, 0.25) is 0 Å². The molecule has 2 aromatic carbocycles. The molecule has 142 valence electrons. The molecule has 27 heavy (non-hydrogen) atoms. The molecular formula is C20H22N2O4S. The van der Waals surface area contributed by atoms with Crippen LogP contribution in [0.25, 0.3) is 0 Å². The van der Waals surface area contributed by atoms with Gasteiger partial charge in [0.2, 0.25) is 5.91 Å². The fourth-order valence-corrected chi connectivity index (χ4v) is 4.90. The van der Waals surface area contributed by atoms with Gasteiger partial charge in [-0.15, -0.1) is 0 Å². The van der Waals surface area contributed by atoms with E-state index in [1.54, 1.807) is 43.5 Å². The van der Waals surface area contributed by atoms with E-state index in [2.05, 4.69) is 5.32 Å². The van der Waals surface area contributed by atoms with Crippen LogP contribution in [-0.2, 0) is 21.2 Å². The van der Waals surface area contributed by atoms with Crippen molar-refractivity contribution in [2.45, 2.75) is 30.6 Å². The lowest BCUT2D eigenvalue weighted by Gasteiger charge is -2.31. The summed E-state index contributed by atoms with van der Waals surface area (Å²) in [6.45, 7) is 0.440. The number of sulfonamides is 1. The van der Waals surface area contributed by atoms with Crippen LogP contribution in [0, 0.1) is 5.92 Å². The zero-order chi connectivity index (χ0) is 19.0. The number of hydrogen-bond donors (Lipinski definition) is 1. The minimum atomic E-state index is -3.65. The van der Waals surface area contributed by atoms with Gasteiger partial charge >= 0.3 is 0 Å². The first-order valence-electron chi connectivity index (χ1n) is 9.09. The highest BCUT2D eigenvalue weighted by atomic mass is 32.2. The maximum Gasteiger partial charge on any atom is 0.264 e. The summed E-state index contributed by atoms with van der Waals surface area (Å²) in [6, 6.07) is 11.9. The van der Waals surface area contributed by atoms with Crippen LogP contribution < -0.4 is 14.4 Å². The first-order chi connectivity index (χ1) is 13.0. The Kier molecular flexibility index (Phi) is 4.55. The molecule has 2 aliphatic rings. The minimum Gasteiger partial charge on any atom is -0.497 e. The van der Waals surface area contributed by atoms with Gasteiger partial charge in [0, 0.05) is 18.2 Å². The largest absolute Gasteiger partial charge is 0.497 e. The Hall–Kier alpha value is -2.54. The second kappa shape index (κ2) is 6.88. The van der Waals surface area contributed by atoms with Crippen LogP contribution in [0.5, 0.6) is 5.75 Å². The Morgan fingerprint density at radius 1 is 1.15 bits per heavy atom. The van der Waals surface area contributed by atoms with Crippen molar-refractivity contribution >= 4 is 27.3 Å². The maximum atomic E-state index is 13.1. The maximum absolute atomic E-state index is 13.1. The van der Waals surface area contributed by atoms with E-state index in [1.807, 2.05) is 6.07 Å². The van der Waals surface area contributed by atoms with Crippen LogP contribution in [0.3, 0.4) is 0 Å². The Morgan fingerprint density at radius 3 is 2.56 bits per heavy atom. The Morgan fingerprint density at radius 2 is 1.89 bits per heavy atom. The lowest BCUT2D eigenvalue weighted by atomic mass is 10.0. The fourth-order valence-electron chi connectivity index (χ4n) is 3.35. The van der Waals surface area contributed by atoms with Crippen LogP contribution in [-0.4, -0.2) is 28.0 Å². The minimum absolute atomic E-state index is 0.0495. The summed E-state index contributed by atoms with van der Waals surface area (Å²) < 4.78 is 32.8. The summed E-state index contributed by atoms with van der Waals surface area (Å²) in [6.07, 6.45) is 3.43. The molecule has 0 aromatic heterocycles. The highest BCUT2D eigenvalue weighted by Gasteiger charge is 2.31. The highest BCUT2D eigenvalue weighted by molar-refractivity contribution is 7.92. The number of nitrogens with zero attached hydrogens (tertiary/aromatic N) is 1. The molecule has 0 radical (unpaired) electrons. The van der Waals surface area contributed by atoms with Crippen molar-refractivity contribution in [2.75, 3.05) is 23.3 Å². The summed E-state index contributed by atoms with van der Waals surface area (Å²) >= 11 is 0. The molecule has 2 aromatic rings. The molecule has 7 heteroatoms. The molecule has 1 N–H and O–H groups in total. The molecule has 6 nitrogen and oxygen atoms in total. The summed E-state index contributed by atoms with van der Waals surface area (Å²) in [7, 11) is -2.10. The molecule has 4 rings (SSSR count). The first kappa shape index (κ1) is 17.9. The van der Waals surface area contributed by atoms with Gasteiger partial charge in [-0.05, 0) is 73.7 Å². The van der Waals surface area contributed by atoms with Gasteiger partial charge in [0.25, 0.3) is 10.0 Å². The second-order valence-electron chi connectivity index (χ2n) is 6.96. The average Bonchev–Trinajstić information content (AvgIpc) is 3.52. The Balaban J connectivity index is 1.62. The van der Waals surface area contributed by atoms with E-state index >= 15 is 0 Å². The second-order valence-corrected chi connectivity index (χ2v) is 8.83. The van der Waals surface area contributed by atoms with Gasteiger partial charge in [-0.25, -0.2) is 8.42 Å². The number of carbonyl (C=O) groups is 1. The van der Waals surface area contributed by atoms with Crippen molar-refractivity contribution in [3.63, 3.8) is 0 Å². The summed E-state index contributed by atoms with van der Waals surface area (Å²) in [5.74, 6) is 0.797. The molecular weight excluding hydrogens is 364 g/mol. The summed E-state index contributed by atoms with van der Waals surface area (Å²) in [5, 5.41) is 2.93. The lowest BCUT2D eigenvalue weighted by molar-refractivity contribution is -0.117. The van der Waals surface area contributed by atoms with Crippen LogP contribution >= 0.6 is 0 Å². The molecule has 1 saturated carbocycles. The number of hydrogen-bond acceptors (Lipinski definition) is 4. The van der Waals surface area contributed by atoms with Gasteiger partial charge in [0.1, 0.15) is 5.75 Å². The van der Waals surface area contributed by atoms with E-state index < -0.39 is 10.0 Å². The van der Waals surface area contributed by atoms with Crippen molar-refractivity contribution in [1.82, 2.24) is 0 Å². The topological polar surface area (TPSA) is 75.7 Å². The number of ether oxygens (including phenoxy) is 1. The molecule has 0 atom stereocenters. The van der Waals surface area contributed by atoms with Gasteiger partial charge in [0.05, 0.1) is 17.7 Å². The predicted octanol–water partition coefficient (Wildman–Crippen LogP) is 3.19. The van der Waals surface area contributed by atoms with Gasteiger partial charge < -0.3 is 10.1 Å². The predicted molar refractivity (Wildman–Crippen MR) is 104 cm³/mol. The van der Waals surface area contributed by atoms with Crippen molar-refractivity contribution in [2.24, 2.45) is 5.92 Å². The third-order valence-electron chi connectivity index (χ3n) is 5.02. The zero-order valence-corrected chi connectivity index (χ0v) is 16.0. The SMILES string of the molecule is COc1ccc(S(=O)(=O)N2CCCc3cc(NC(=O)C4CC4)ccc32)cc1. The standard InChI is InChI=1S/C20H22N2O4S/c1-26-17-7-9-18(10-8-17)27(24,25)22-12-2-3-15-13-16(6-11-19(15)22)21-20(23)14-4-5-14/h6-11,13-14H,2-5,12H2,1H3,(H,21,23). The Bertz CT molecular complexity index is 966. The van der Waals surface area contributed by atoms with E-state index in [9.17, 15) is 13.2 Å². The van der Waals surface area contributed by atoms with Gasteiger partial charge in [-0.3, -0.25) is 9.10 Å². The summed E-state index contributed by atoms with van der Waals surface area (Å²) in [5.41, 5.74) is 2.35. The third kappa shape index (κ3) is 3.51. The molecule has 1 heterocycles. The number of anilines is 2. The number of methoxy groups -OCH3 is 1. The number of benzene rings is 2. The van der Waals surface area contributed by atoms with E-state index in [1.165, 1.54) is 4.31 Å². The molecule has 0 unspecified atom stereocenters. The molecule has 0 saturated heterocycles. The quantitative estimate of drug-likeness (QED) is 0.856. The van der Waals surface area contributed by atoms with Gasteiger partial charge in [-0.1, -0.05) is 0 Å². The molecule has 1 amide bonds. The highest BCUT2D eigenvalue weighted by Crippen LogP contribution is 2.35. The smallest absolute Gasteiger partial charge is 0.264 e. The number of rotatable bonds is 5. The molecule has 0 bridgehead atoms. The van der Waals surface area contributed by atoms with E-state index in [4.69, 9.17) is 4.74 Å². The van der Waals surface area contributed by atoms with Crippen molar-refractivity contribution in [3.05, 3.63) is 48.0 Å². The first-order valence-corrected chi connectivity index (χ1v) is 10.5. The molecule has 1 aliphatic heterocycles. The van der Waals surface area contributed by atoms with E-state index in [-0.39, 0.29) is 16.7 Å². The number of amides is 1. The van der Waals surface area contributed by atoms with Crippen LogP contribution in [0.1, 0.15) is 24.8 Å². The van der Waals surface area contributed by atoms with Crippen molar-refractivity contribution < 1.29 is 17.9 Å². The molecule has 1 aliphatic carbocycles. The van der Waals surface area contributed by atoms with Crippen LogP contribution in [0.4, 0.5) is 11.4 Å². The fraction of sp³-hybridized carbons (Fsp3) is 0.350. The molecule has 0 spiro atoms. The third-order valence-corrected chi connectivity index (χ3v) is 6.85. The average molecular weight is 386 g/mol. The van der Waals surface area contributed by atoms with Crippen LogP contribution in [0.15, 0.2) is 47.4 Å². The Labute approximate surface area is 159 Å². The van der Waals surface area contributed by atoms with E-state index in [0.717, 1.165) is 36.9 Å². The number of carbonyl (C=O) groups excluding carboxylic acids is 1. The number of fused-ring (bicyclic) bond motifs is 1. The monoisotopic (exact) mass is 386 g/mol. The van der Waals surface area contributed by atoms with Crippen molar-refractivity contribution in [1.29, 1.82) is 0 Å². The zero-order valence-electron chi connectivity index (χ0n) is 15.1. The normalized spacial score (nSPS) is 16.6. The van der Waals surface area contributed by atoms with Gasteiger partial charge in [-0.2, -0.15) is 0 Å². The molecule has 1 fully saturated rings. The summed E-state index contributed by atoms with van der Waals surface area (Å²) in [4.78, 5) is 12.2. The number of nitrogens with one attached hydrogen (secondary N) is 1. The van der Waals surface area contributed by atoms with Gasteiger partial charge in [0.15, 0.2) is 0 Å². The van der Waals surface area contributed by atoms with Crippen molar-refractivity contribution in [3.8, 4) is 5.75 Å². The lowest BCUT2D eigenvalue weighted by Crippen LogP contribution is -2.35. The number of aryl methyl sites for hydroxylation is 1. The van der Waals surface area contributed by atoms with E-state index in [0.29, 0.717) is 18.0 Å².